The second kappa shape index (κ2) is 9.45. The van der Waals surface area contributed by atoms with Crippen LogP contribution in [0.4, 0.5) is 4.39 Å². The Morgan fingerprint density at radius 1 is 1.29 bits per heavy atom. The molecule has 1 aliphatic heterocycles. The molecule has 0 aliphatic carbocycles. The molecule has 1 atom stereocenters. The first kappa shape index (κ1) is 21.3. The van der Waals surface area contributed by atoms with E-state index in [1.54, 1.807) is 30.3 Å². The summed E-state index contributed by atoms with van der Waals surface area (Å²) in [6.45, 7) is 4.34. The zero-order valence-corrected chi connectivity index (χ0v) is 17.8. The van der Waals surface area contributed by atoms with Crippen LogP contribution in [-0.2, 0) is 16.0 Å². The molecule has 7 nitrogen and oxygen atoms in total. The van der Waals surface area contributed by atoms with E-state index in [4.69, 9.17) is 9.47 Å². The molecule has 1 amide bonds. The summed E-state index contributed by atoms with van der Waals surface area (Å²) in [6.07, 6.45) is 4.73. The van der Waals surface area contributed by atoms with Crippen molar-refractivity contribution in [3.63, 3.8) is 0 Å². The van der Waals surface area contributed by atoms with Gasteiger partial charge in [0.15, 0.2) is 11.6 Å². The smallest absolute Gasteiger partial charge is 0.228 e. The van der Waals surface area contributed by atoms with Gasteiger partial charge in [-0.3, -0.25) is 10.1 Å². The van der Waals surface area contributed by atoms with Crippen LogP contribution >= 0.6 is 0 Å². The molecule has 164 valence electrons. The molecular weight excluding hydrogens is 399 g/mol. The number of hydrogen-bond donors (Lipinski definition) is 2. The van der Waals surface area contributed by atoms with Crippen LogP contribution in [0.2, 0.25) is 0 Å². The lowest BCUT2D eigenvalue weighted by Crippen LogP contribution is -2.52. The van der Waals surface area contributed by atoms with E-state index in [9.17, 15) is 9.18 Å². The number of aromatic amines is 1. The number of carbonyl (C=O) groups excluding carboxylic acids is 1. The van der Waals surface area contributed by atoms with Gasteiger partial charge in [-0.2, -0.15) is 0 Å². The molecule has 1 saturated heterocycles. The number of pyridine rings is 1. The number of aryl methyl sites for hydroxylation is 1. The molecule has 8 heteroatoms. The first-order valence-corrected chi connectivity index (χ1v) is 10.4. The van der Waals surface area contributed by atoms with Gasteiger partial charge in [-0.25, -0.2) is 9.37 Å². The Morgan fingerprint density at radius 2 is 2.16 bits per heavy atom. The van der Waals surface area contributed by atoms with Gasteiger partial charge in [0.05, 0.1) is 18.0 Å². The average molecular weight is 426 g/mol. The van der Waals surface area contributed by atoms with Crippen LogP contribution in [0.25, 0.3) is 11.0 Å². The lowest BCUT2D eigenvalue weighted by atomic mass is 9.96. The van der Waals surface area contributed by atoms with Crippen molar-refractivity contribution in [3.05, 3.63) is 53.6 Å². The zero-order valence-electron chi connectivity index (χ0n) is 17.8. The molecule has 1 aromatic carbocycles. The molecule has 0 bridgehead atoms. The fourth-order valence-electron chi connectivity index (χ4n) is 3.97. The number of methoxy groups -OCH3 is 1. The van der Waals surface area contributed by atoms with E-state index in [0.717, 1.165) is 22.9 Å². The number of halogens is 1. The van der Waals surface area contributed by atoms with E-state index in [1.165, 1.54) is 6.07 Å². The van der Waals surface area contributed by atoms with Gasteiger partial charge in [-0.1, -0.05) is 6.07 Å². The quantitative estimate of drug-likeness (QED) is 0.540. The van der Waals surface area contributed by atoms with Crippen molar-refractivity contribution in [3.8, 4) is 11.5 Å². The van der Waals surface area contributed by atoms with Gasteiger partial charge in [-0.15, -0.1) is 0 Å². The highest BCUT2D eigenvalue weighted by Gasteiger charge is 2.28. The van der Waals surface area contributed by atoms with Gasteiger partial charge in [0, 0.05) is 39.2 Å². The van der Waals surface area contributed by atoms with Crippen molar-refractivity contribution < 1.29 is 18.7 Å². The Kier molecular flexibility index (Phi) is 6.48. The van der Waals surface area contributed by atoms with E-state index < -0.39 is 5.82 Å². The second-order valence-corrected chi connectivity index (χ2v) is 7.83. The molecule has 2 N–H and O–H groups in total. The number of aromatic nitrogens is 2. The minimum absolute atomic E-state index is 0.0951. The van der Waals surface area contributed by atoms with Crippen LogP contribution in [0, 0.1) is 18.7 Å². The molecule has 3 aromatic rings. The number of ether oxygens (including phenoxy) is 2. The van der Waals surface area contributed by atoms with Crippen LogP contribution in [0.3, 0.4) is 0 Å². The first-order chi connectivity index (χ1) is 15.1. The number of nitrogens with one attached hydrogen (secondary N) is 2. The largest absolute Gasteiger partial charge is 0.453 e. The number of rotatable bonds is 8. The van der Waals surface area contributed by atoms with Crippen molar-refractivity contribution in [2.45, 2.75) is 19.8 Å². The van der Waals surface area contributed by atoms with E-state index in [0.29, 0.717) is 44.2 Å². The molecule has 3 heterocycles. The Morgan fingerprint density at radius 3 is 2.97 bits per heavy atom. The summed E-state index contributed by atoms with van der Waals surface area (Å²) in [5.41, 5.74) is 2.44. The molecule has 1 unspecified atom stereocenters. The highest BCUT2D eigenvalue weighted by molar-refractivity contribution is 5.86. The summed E-state index contributed by atoms with van der Waals surface area (Å²) < 4.78 is 25.8. The summed E-state index contributed by atoms with van der Waals surface area (Å²) >= 11 is 0. The summed E-state index contributed by atoms with van der Waals surface area (Å²) in [7, 11) is 1.65. The summed E-state index contributed by atoms with van der Waals surface area (Å²) in [4.78, 5) is 21.9. The average Bonchev–Trinajstić information content (AvgIpc) is 3.15. The summed E-state index contributed by atoms with van der Waals surface area (Å²) in [6, 6.07) is 6.61. The molecule has 2 aromatic heterocycles. The van der Waals surface area contributed by atoms with E-state index >= 15 is 0 Å². The standard InChI is InChI=1S/C23H27FN4O3/c1-15-12-27-22-21(15)20(6-7-26-22)31-19-5-4-16(11-18(19)24)10-17-13-25-14-28(23(17)29)8-3-9-30-2/h4-7,11-12,17,25H,3,8-10,13-14H2,1-2H3,(H,26,27). The molecule has 31 heavy (non-hydrogen) atoms. The van der Waals surface area contributed by atoms with Crippen LogP contribution in [-0.4, -0.2) is 54.2 Å². The molecule has 4 rings (SSSR count). The van der Waals surface area contributed by atoms with Gasteiger partial charge in [0.2, 0.25) is 5.91 Å². The molecule has 0 radical (unpaired) electrons. The minimum atomic E-state index is -0.455. The maximum absolute atomic E-state index is 14.8. The van der Waals surface area contributed by atoms with Crippen molar-refractivity contribution in [2.24, 2.45) is 5.92 Å². The predicted molar refractivity (Wildman–Crippen MR) is 116 cm³/mol. The molecule has 0 saturated carbocycles. The third-order valence-electron chi connectivity index (χ3n) is 5.56. The number of amides is 1. The highest BCUT2D eigenvalue weighted by atomic mass is 19.1. The van der Waals surface area contributed by atoms with Crippen LogP contribution in [0.15, 0.2) is 36.7 Å². The lowest BCUT2D eigenvalue weighted by molar-refractivity contribution is -0.138. The number of nitrogens with zero attached hydrogens (tertiary/aromatic N) is 2. The highest BCUT2D eigenvalue weighted by Crippen LogP contribution is 2.32. The first-order valence-electron chi connectivity index (χ1n) is 10.4. The molecule has 0 spiro atoms. The lowest BCUT2D eigenvalue weighted by Gasteiger charge is -2.33. The maximum Gasteiger partial charge on any atom is 0.228 e. The second-order valence-electron chi connectivity index (χ2n) is 7.83. The third-order valence-corrected chi connectivity index (χ3v) is 5.56. The van der Waals surface area contributed by atoms with Crippen LogP contribution in [0.1, 0.15) is 17.5 Å². The van der Waals surface area contributed by atoms with E-state index in [1.807, 2.05) is 19.2 Å². The predicted octanol–water partition coefficient (Wildman–Crippen LogP) is 3.39. The number of H-pyrrole nitrogens is 1. The number of fused-ring (bicyclic) bond motifs is 1. The van der Waals surface area contributed by atoms with Crippen molar-refractivity contribution in [2.75, 3.05) is 33.5 Å². The number of hydrogen-bond acceptors (Lipinski definition) is 5. The Hall–Kier alpha value is -2.97. The van der Waals surface area contributed by atoms with Gasteiger partial charge in [-0.05, 0) is 49.1 Å². The third kappa shape index (κ3) is 4.70. The molecule has 1 fully saturated rings. The molecule has 1 aliphatic rings. The van der Waals surface area contributed by atoms with Crippen LogP contribution < -0.4 is 10.1 Å². The van der Waals surface area contributed by atoms with E-state index in [-0.39, 0.29) is 17.6 Å². The normalized spacial score (nSPS) is 16.8. The SMILES string of the molecule is COCCCN1CNCC(Cc2ccc(Oc3ccnc4[nH]cc(C)c34)c(F)c2)C1=O. The topological polar surface area (TPSA) is 79.5 Å². The number of benzene rings is 1. The zero-order chi connectivity index (χ0) is 21.8. The maximum atomic E-state index is 14.8. The van der Waals surface area contributed by atoms with Gasteiger partial charge < -0.3 is 19.4 Å². The Bertz CT molecular complexity index is 1070. The van der Waals surface area contributed by atoms with Crippen LogP contribution in [0.5, 0.6) is 11.5 Å². The van der Waals surface area contributed by atoms with Gasteiger partial charge in [0.25, 0.3) is 0 Å². The molecular formula is C23H27FN4O3. The number of carbonyl (C=O) groups is 1. The van der Waals surface area contributed by atoms with Gasteiger partial charge in [0.1, 0.15) is 11.4 Å². The Balaban J connectivity index is 1.45. The summed E-state index contributed by atoms with van der Waals surface area (Å²) in [5.74, 6) is 0.117. The fraction of sp³-hybridized carbons (Fsp3) is 0.391. The van der Waals surface area contributed by atoms with Gasteiger partial charge >= 0.3 is 0 Å². The fourth-order valence-corrected chi connectivity index (χ4v) is 3.97. The minimum Gasteiger partial charge on any atom is -0.453 e. The van der Waals surface area contributed by atoms with Crippen molar-refractivity contribution in [1.82, 2.24) is 20.2 Å². The Labute approximate surface area is 180 Å². The van der Waals surface area contributed by atoms with E-state index in [2.05, 4.69) is 15.3 Å². The van der Waals surface area contributed by atoms with Crippen molar-refractivity contribution >= 4 is 16.9 Å². The van der Waals surface area contributed by atoms with Crippen molar-refractivity contribution in [1.29, 1.82) is 0 Å². The summed E-state index contributed by atoms with van der Waals surface area (Å²) in [5, 5.41) is 4.11. The monoisotopic (exact) mass is 426 g/mol.